The molecule has 0 rings (SSSR count). The highest BCUT2D eigenvalue weighted by Crippen LogP contribution is 2.17. The molecule has 0 heterocycles. The number of ether oxygens (including phenoxy) is 1. The average Bonchev–Trinajstić information content (AvgIpc) is 3.28. The molecule has 0 aromatic heterocycles. The number of esters is 1. The zero-order valence-electron chi connectivity index (χ0n) is 40.9. The van der Waals surface area contributed by atoms with Crippen molar-refractivity contribution in [3.05, 3.63) is 97.2 Å². The standard InChI is InChI=1S/C57H97NO5/c1-4-7-10-13-16-19-22-25-27-29-32-35-38-41-44-47-50-57(62)63-53(48-45-42-39-36-33-30-24-21-18-15-12-9-6-3)51-56(61)58-54(52-59)55(60)49-46-43-40-37-34-31-28-26-23-20-17-14-11-8-5-2/h7,9-10,12,15-16,18-19,21,24-25,27,30,32-33,35,53-55,59-60H,4-6,8,11,13-14,17,20,22-23,26,28-29,31,34,36-52H2,1-3H3,(H,58,61)/b10-7+,12-9+,18-15+,19-16+,24-21+,27-25+,33-30-,35-32+. The van der Waals surface area contributed by atoms with E-state index < -0.39 is 18.2 Å². The van der Waals surface area contributed by atoms with Crippen LogP contribution in [0.2, 0.25) is 0 Å². The molecule has 0 saturated carbocycles. The molecule has 0 fully saturated rings. The molecule has 3 N–H and O–H groups in total. The van der Waals surface area contributed by atoms with E-state index in [-0.39, 0.29) is 24.9 Å². The van der Waals surface area contributed by atoms with Crippen molar-refractivity contribution in [3.8, 4) is 0 Å². The van der Waals surface area contributed by atoms with Crippen molar-refractivity contribution < 1.29 is 24.5 Å². The fraction of sp³-hybridized carbons (Fsp3) is 0.684. The van der Waals surface area contributed by atoms with Crippen molar-refractivity contribution >= 4 is 11.9 Å². The summed E-state index contributed by atoms with van der Waals surface area (Å²) in [4.78, 5) is 26.1. The van der Waals surface area contributed by atoms with Crippen LogP contribution >= 0.6 is 0 Å². The highest BCUT2D eigenvalue weighted by atomic mass is 16.5. The van der Waals surface area contributed by atoms with Crippen LogP contribution in [-0.2, 0) is 14.3 Å². The maximum Gasteiger partial charge on any atom is 0.306 e. The van der Waals surface area contributed by atoms with E-state index >= 15 is 0 Å². The molecule has 3 unspecified atom stereocenters. The van der Waals surface area contributed by atoms with Crippen LogP contribution in [0, 0.1) is 0 Å². The molecule has 0 radical (unpaired) electrons. The van der Waals surface area contributed by atoms with Gasteiger partial charge in [0.25, 0.3) is 0 Å². The van der Waals surface area contributed by atoms with E-state index in [0.29, 0.717) is 19.3 Å². The van der Waals surface area contributed by atoms with Gasteiger partial charge >= 0.3 is 5.97 Å². The van der Waals surface area contributed by atoms with Gasteiger partial charge in [0.1, 0.15) is 6.10 Å². The molecule has 0 aliphatic rings. The summed E-state index contributed by atoms with van der Waals surface area (Å²) < 4.78 is 5.90. The number of nitrogens with one attached hydrogen (secondary N) is 1. The Labute approximate surface area is 388 Å². The summed E-state index contributed by atoms with van der Waals surface area (Å²) in [6, 6.07) is -0.727. The molecule has 0 aromatic rings. The summed E-state index contributed by atoms with van der Waals surface area (Å²) in [5, 5.41) is 23.8. The molecule has 63 heavy (non-hydrogen) atoms. The van der Waals surface area contributed by atoms with Crippen molar-refractivity contribution in [1.82, 2.24) is 5.32 Å². The molecule has 0 spiro atoms. The first-order valence-electron chi connectivity index (χ1n) is 26.0. The summed E-state index contributed by atoms with van der Waals surface area (Å²) in [5.74, 6) is -0.556. The number of allylic oxidation sites excluding steroid dienone is 16. The van der Waals surface area contributed by atoms with Gasteiger partial charge in [-0.05, 0) is 83.5 Å². The molecule has 6 heteroatoms. The van der Waals surface area contributed by atoms with Gasteiger partial charge in [-0.2, -0.15) is 0 Å². The zero-order valence-corrected chi connectivity index (χ0v) is 40.9. The lowest BCUT2D eigenvalue weighted by Gasteiger charge is -2.24. The number of rotatable bonds is 45. The summed E-state index contributed by atoms with van der Waals surface area (Å²) in [7, 11) is 0. The van der Waals surface area contributed by atoms with E-state index in [1.54, 1.807) is 0 Å². The quantitative estimate of drug-likeness (QED) is 0.0245. The van der Waals surface area contributed by atoms with E-state index in [2.05, 4.69) is 92.9 Å². The predicted molar refractivity (Wildman–Crippen MR) is 273 cm³/mol. The third-order valence-corrected chi connectivity index (χ3v) is 11.3. The Balaban J connectivity index is 4.67. The van der Waals surface area contributed by atoms with E-state index in [0.717, 1.165) is 103 Å². The molecule has 0 bridgehead atoms. The summed E-state index contributed by atoms with van der Waals surface area (Å²) in [5.41, 5.74) is 0. The van der Waals surface area contributed by atoms with Gasteiger partial charge in [0.2, 0.25) is 5.91 Å². The smallest absolute Gasteiger partial charge is 0.306 e. The van der Waals surface area contributed by atoms with Crippen LogP contribution in [0.3, 0.4) is 0 Å². The molecule has 0 saturated heterocycles. The normalized spacial score (nSPS) is 14.0. The first-order chi connectivity index (χ1) is 31.0. The van der Waals surface area contributed by atoms with Crippen molar-refractivity contribution in [3.63, 3.8) is 0 Å². The van der Waals surface area contributed by atoms with Crippen LogP contribution in [0.25, 0.3) is 0 Å². The highest BCUT2D eigenvalue weighted by Gasteiger charge is 2.24. The van der Waals surface area contributed by atoms with E-state index in [1.165, 1.54) is 77.0 Å². The van der Waals surface area contributed by atoms with Crippen LogP contribution in [-0.4, -0.2) is 46.9 Å². The van der Waals surface area contributed by atoms with Gasteiger partial charge < -0.3 is 20.3 Å². The monoisotopic (exact) mass is 876 g/mol. The van der Waals surface area contributed by atoms with Gasteiger partial charge in [-0.3, -0.25) is 9.59 Å². The molecule has 1 amide bonds. The molecule has 6 nitrogen and oxygen atoms in total. The Morgan fingerprint density at radius 3 is 1.49 bits per heavy atom. The van der Waals surface area contributed by atoms with Crippen LogP contribution in [0.5, 0.6) is 0 Å². The third kappa shape index (κ3) is 45.2. The molecule has 0 aliphatic carbocycles. The fourth-order valence-corrected chi connectivity index (χ4v) is 7.37. The van der Waals surface area contributed by atoms with Crippen molar-refractivity contribution in [2.45, 2.75) is 244 Å². The molecule has 360 valence electrons. The Morgan fingerprint density at radius 2 is 0.937 bits per heavy atom. The molecular formula is C57H97NO5. The van der Waals surface area contributed by atoms with E-state index in [4.69, 9.17) is 4.74 Å². The number of carbonyl (C=O) groups excluding carboxylic acids is 2. The second-order valence-corrected chi connectivity index (χ2v) is 17.3. The zero-order chi connectivity index (χ0) is 45.9. The minimum Gasteiger partial charge on any atom is -0.462 e. The summed E-state index contributed by atoms with van der Waals surface area (Å²) >= 11 is 0. The molecule has 3 atom stereocenters. The van der Waals surface area contributed by atoms with Crippen molar-refractivity contribution in [1.29, 1.82) is 0 Å². The topological polar surface area (TPSA) is 95.9 Å². The van der Waals surface area contributed by atoms with Gasteiger partial charge in [0.05, 0.1) is 25.2 Å². The van der Waals surface area contributed by atoms with Crippen molar-refractivity contribution in [2.75, 3.05) is 6.61 Å². The Kier molecular flexibility index (Phi) is 47.2. The minimum atomic E-state index is -0.810. The second kappa shape index (κ2) is 49.8. The highest BCUT2D eigenvalue weighted by molar-refractivity contribution is 5.77. The molecule has 0 aliphatic heterocycles. The lowest BCUT2D eigenvalue weighted by Crippen LogP contribution is -2.46. The largest absolute Gasteiger partial charge is 0.462 e. The second-order valence-electron chi connectivity index (χ2n) is 17.3. The van der Waals surface area contributed by atoms with Gasteiger partial charge in [0, 0.05) is 6.42 Å². The summed E-state index contributed by atoms with van der Waals surface area (Å²) in [6.45, 7) is 6.21. The lowest BCUT2D eigenvalue weighted by atomic mass is 10.0. The maximum absolute atomic E-state index is 13.2. The third-order valence-electron chi connectivity index (χ3n) is 11.3. The lowest BCUT2D eigenvalue weighted by molar-refractivity contribution is -0.151. The Morgan fingerprint density at radius 1 is 0.492 bits per heavy atom. The number of unbranched alkanes of at least 4 members (excludes halogenated alkanes) is 20. The van der Waals surface area contributed by atoms with Crippen LogP contribution in [0.4, 0.5) is 0 Å². The number of hydrogen-bond donors (Lipinski definition) is 3. The molecule has 0 aromatic carbocycles. The number of carbonyl (C=O) groups is 2. The van der Waals surface area contributed by atoms with Crippen LogP contribution < -0.4 is 5.32 Å². The first kappa shape index (κ1) is 59.8. The van der Waals surface area contributed by atoms with Gasteiger partial charge in [-0.25, -0.2) is 0 Å². The number of amides is 1. The SMILES string of the molecule is CC/C=C/C=C/C=C/C=C\CCCCCC(CC(=O)NC(CO)C(O)CCCCCCCCCCCCCCCCC)OC(=O)CCCCC/C=C/C/C=C/C/C=C/C/C=C/CC. The predicted octanol–water partition coefficient (Wildman–Crippen LogP) is 15.7. The van der Waals surface area contributed by atoms with E-state index in [1.807, 2.05) is 30.4 Å². The maximum atomic E-state index is 13.2. The van der Waals surface area contributed by atoms with Gasteiger partial charge in [-0.1, -0.05) is 227 Å². The van der Waals surface area contributed by atoms with Crippen LogP contribution in [0.15, 0.2) is 97.2 Å². The van der Waals surface area contributed by atoms with Crippen LogP contribution in [0.1, 0.15) is 226 Å². The minimum absolute atomic E-state index is 0.0331. The fourth-order valence-electron chi connectivity index (χ4n) is 7.37. The first-order valence-corrected chi connectivity index (χ1v) is 26.0. The molecular weight excluding hydrogens is 779 g/mol. The number of hydrogen-bond acceptors (Lipinski definition) is 5. The summed E-state index contributed by atoms with van der Waals surface area (Å²) in [6.07, 6.45) is 66.1. The van der Waals surface area contributed by atoms with E-state index in [9.17, 15) is 19.8 Å². The number of aliphatic hydroxyl groups excluding tert-OH is 2. The average molecular weight is 876 g/mol. The Bertz CT molecular complexity index is 1260. The van der Waals surface area contributed by atoms with Crippen molar-refractivity contribution in [2.24, 2.45) is 0 Å². The number of aliphatic hydroxyl groups is 2. The Hall–Kier alpha value is -3.22. The van der Waals surface area contributed by atoms with Gasteiger partial charge in [0.15, 0.2) is 0 Å². The van der Waals surface area contributed by atoms with Gasteiger partial charge in [-0.15, -0.1) is 0 Å².